The van der Waals surface area contributed by atoms with Gasteiger partial charge in [0.1, 0.15) is 0 Å². The fourth-order valence-electron chi connectivity index (χ4n) is 2.18. The van der Waals surface area contributed by atoms with Crippen LogP contribution < -0.4 is 5.32 Å². The second-order valence-electron chi connectivity index (χ2n) is 3.83. The van der Waals surface area contributed by atoms with Gasteiger partial charge in [-0.1, -0.05) is 24.3 Å². The van der Waals surface area contributed by atoms with Gasteiger partial charge in [0.2, 0.25) is 0 Å². The molecule has 1 atom stereocenters. The molecule has 1 nitrogen and oxygen atoms in total. The maximum atomic E-state index is 12.3. The van der Waals surface area contributed by atoms with Crippen molar-refractivity contribution in [2.24, 2.45) is 0 Å². The standard InChI is InChI=1S/C12H16FN/c13-7-5-10-3-1-2-4-12(10)11-6-8-14-9-11/h1-4,11,14H,5-9H2. The van der Waals surface area contributed by atoms with Gasteiger partial charge in [0, 0.05) is 13.0 Å². The average molecular weight is 193 g/mol. The van der Waals surface area contributed by atoms with Crippen molar-refractivity contribution in [2.75, 3.05) is 19.8 Å². The number of halogens is 1. The van der Waals surface area contributed by atoms with Crippen LogP contribution in [0, 0.1) is 0 Å². The minimum atomic E-state index is -0.253. The highest BCUT2D eigenvalue weighted by Gasteiger charge is 2.18. The normalized spacial score (nSPS) is 21.4. The number of nitrogens with one attached hydrogen (secondary N) is 1. The molecule has 76 valence electrons. The predicted octanol–water partition coefficient (Wildman–Crippen LogP) is 2.28. The van der Waals surface area contributed by atoms with E-state index in [0.29, 0.717) is 12.3 Å². The van der Waals surface area contributed by atoms with Crippen LogP contribution in [0.3, 0.4) is 0 Å². The van der Waals surface area contributed by atoms with Crippen molar-refractivity contribution in [3.63, 3.8) is 0 Å². The molecule has 0 spiro atoms. The Morgan fingerprint density at radius 3 is 2.93 bits per heavy atom. The molecule has 1 fully saturated rings. The molecule has 0 amide bonds. The van der Waals surface area contributed by atoms with Crippen LogP contribution in [-0.4, -0.2) is 19.8 Å². The first kappa shape index (κ1) is 9.66. The Morgan fingerprint density at radius 2 is 2.21 bits per heavy atom. The van der Waals surface area contributed by atoms with Crippen LogP contribution in [0.25, 0.3) is 0 Å². The summed E-state index contributed by atoms with van der Waals surface area (Å²) in [5.74, 6) is 0.595. The quantitative estimate of drug-likeness (QED) is 0.776. The number of alkyl halides is 1. The highest BCUT2D eigenvalue weighted by Crippen LogP contribution is 2.25. The average Bonchev–Trinajstić information content (AvgIpc) is 2.72. The lowest BCUT2D eigenvalue weighted by Crippen LogP contribution is -2.09. The van der Waals surface area contributed by atoms with Gasteiger partial charge in [-0.2, -0.15) is 0 Å². The molecule has 1 aromatic rings. The molecule has 1 aliphatic rings. The second kappa shape index (κ2) is 4.56. The SMILES string of the molecule is FCCc1ccccc1C1CCNC1. The van der Waals surface area contributed by atoms with E-state index in [9.17, 15) is 4.39 Å². The molecule has 1 aromatic carbocycles. The third-order valence-corrected chi connectivity index (χ3v) is 2.92. The summed E-state index contributed by atoms with van der Waals surface area (Å²) < 4.78 is 12.3. The van der Waals surface area contributed by atoms with Crippen LogP contribution in [0.15, 0.2) is 24.3 Å². The lowest BCUT2D eigenvalue weighted by molar-refractivity contribution is 0.493. The number of hydrogen-bond acceptors (Lipinski definition) is 1. The molecule has 0 aromatic heterocycles. The molecule has 1 unspecified atom stereocenters. The third-order valence-electron chi connectivity index (χ3n) is 2.92. The number of benzene rings is 1. The fraction of sp³-hybridized carbons (Fsp3) is 0.500. The van der Waals surface area contributed by atoms with Gasteiger partial charge in [0.15, 0.2) is 0 Å². The Hall–Kier alpha value is -0.890. The van der Waals surface area contributed by atoms with Crippen LogP contribution in [0.2, 0.25) is 0 Å². The van der Waals surface area contributed by atoms with Crippen molar-refractivity contribution in [1.29, 1.82) is 0 Å². The molecule has 0 saturated carbocycles. The Morgan fingerprint density at radius 1 is 1.36 bits per heavy atom. The van der Waals surface area contributed by atoms with Crippen molar-refractivity contribution in [1.82, 2.24) is 5.32 Å². The zero-order valence-corrected chi connectivity index (χ0v) is 8.30. The van der Waals surface area contributed by atoms with Gasteiger partial charge in [0.25, 0.3) is 0 Å². The third kappa shape index (κ3) is 1.95. The van der Waals surface area contributed by atoms with Crippen molar-refractivity contribution in [2.45, 2.75) is 18.8 Å². The summed E-state index contributed by atoms with van der Waals surface area (Å²) in [4.78, 5) is 0. The molecule has 2 rings (SSSR count). The van der Waals surface area contributed by atoms with E-state index in [0.717, 1.165) is 13.1 Å². The topological polar surface area (TPSA) is 12.0 Å². The highest BCUT2D eigenvalue weighted by molar-refractivity contribution is 5.31. The van der Waals surface area contributed by atoms with E-state index >= 15 is 0 Å². The fourth-order valence-corrected chi connectivity index (χ4v) is 2.18. The van der Waals surface area contributed by atoms with Crippen LogP contribution in [0.4, 0.5) is 4.39 Å². The Bertz CT molecular complexity index is 292. The maximum Gasteiger partial charge on any atom is 0.0934 e. The van der Waals surface area contributed by atoms with E-state index in [1.54, 1.807) is 0 Å². The Balaban J connectivity index is 2.21. The van der Waals surface area contributed by atoms with Crippen LogP contribution in [0.5, 0.6) is 0 Å². The van der Waals surface area contributed by atoms with Crippen LogP contribution in [-0.2, 0) is 6.42 Å². The van der Waals surface area contributed by atoms with Crippen molar-refractivity contribution < 1.29 is 4.39 Å². The number of aryl methyl sites for hydroxylation is 1. The minimum Gasteiger partial charge on any atom is -0.316 e. The second-order valence-corrected chi connectivity index (χ2v) is 3.83. The summed E-state index contributed by atoms with van der Waals surface area (Å²) in [6, 6.07) is 8.24. The van der Waals surface area contributed by atoms with Gasteiger partial charge < -0.3 is 5.32 Å². The first-order chi connectivity index (χ1) is 6.92. The van der Waals surface area contributed by atoms with Crippen molar-refractivity contribution >= 4 is 0 Å². The van der Waals surface area contributed by atoms with Gasteiger partial charge in [-0.25, -0.2) is 0 Å². The molecule has 1 saturated heterocycles. The summed E-state index contributed by atoms with van der Waals surface area (Å²) in [5.41, 5.74) is 2.53. The van der Waals surface area contributed by atoms with Gasteiger partial charge in [-0.15, -0.1) is 0 Å². The molecule has 1 heterocycles. The summed E-state index contributed by atoms with van der Waals surface area (Å²) in [6.07, 6.45) is 1.75. The van der Waals surface area contributed by atoms with Crippen molar-refractivity contribution in [3.8, 4) is 0 Å². The first-order valence-corrected chi connectivity index (χ1v) is 5.26. The van der Waals surface area contributed by atoms with E-state index in [-0.39, 0.29) is 6.67 Å². The molecular weight excluding hydrogens is 177 g/mol. The van der Waals surface area contributed by atoms with Gasteiger partial charge in [-0.3, -0.25) is 4.39 Å². The van der Waals surface area contributed by atoms with Crippen LogP contribution in [0.1, 0.15) is 23.5 Å². The number of rotatable bonds is 3. The summed E-state index contributed by atoms with van der Waals surface area (Å²) >= 11 is 0. The van der Waals surface area contributed by atoms with Gasteiger partial charge in [-0.05, 0) is 30.0 Å². The lowest BCUT2D eigenvalue weighted by atomic mass is 9.92. The number of hydrogen-bond donors (Lipinski definition) is 1. The zero-order chi connectivity index (χ0) is 9.80. The van der Waals surface area contributed by atoms with Gasteiger partial charge >= 0.3 is 0 Å². The molecule has 1 N–H and O–H groups in total. The molecule has 1 aliphatic heterocycles. The monoisotopic (exact) mass is 193 g/mol. The summed E-state index contributed by atoms with van der Waals surface area (Å²) in [5, 5.41) is 3.35. The summed E-state index contributed by atoms with van der Waals surface area (Å²) in [7, 11) is 0. The van der Waals surface area contributed by atoms with E-state index < -0.39 is 0 Å². The zero-order valence-electron chi connectivity index (χ0n) is 8.30. The Labute approximate surface area is 84.3 Å². The first-order valence-electron chi connectivity index (χ1n) is 5.26. The minimum absolute atomic E-state index is 0.253. The molecule has 14 heavy (non-hydrogen) atoms. The molecule has 0 radical (unpaired) electrons. The van der Waals surface area contributed by atoms with Crippen molar-refractivity contribution in [3.05, 3.63) is 35.4 Å². The Kier molecular flexibility index (Phi) is 3.14. The smallest absolute Gasteiger partial charge is 0.0934 e. The lowest BCUT2D eigenvalue weighted by Gasteiger charge is -2.13. The summed E-state index contributed by atoms with van der Waals surface area (Å²) in [6.45, 7) is 1.88. The maximum absolute atomic E-state index is 12.3. The molecule has 2 heteroatoms. The molecule has 0 aliphatic carbocycles. The molecule has 0 bridgehead atoms. The predicted molar refractivity (Wildman–Crippen MR) is 56.3 cm³/mol. The van der Waals surface area contributed by atoms with E-state index in [2.05, 4.69) is 17.4 Å². The largest absolute Gasteiger partial charge is 0.316 e. The van der Waals surface area contributed by atoms with Gasteiger partial charge in [0.05, 0.1) is 6.67 Å². The van der Waals surface area contributed by atoms with Crippen LogP contribution >= 0.6 is 0 Å². The van der Waals surface area contributed by atoms with E-state index in [1.807, 2.05) is 12.1 Å². The van der Waals surface area contributed by atoms with E-state index in [4.69, 9.17) is 0 Å². The molecular formula is C12H16FN. The highest BCUT2D eigenvalue weighted by atomic mass is 19.1. The van der Waals surface area contributed by atoms with E-state index in [1.165, 1.54) is 17.5 Å².